The van der Waals surface area contributed by atoms with Crippen LogP contribution in [0.5, 0.6) is 5.75 Å². The summed E-state index contributed by atoms with van der Waals surface area (Å²) in [5, 5.41) is 0. The van der Waals surface area contributed by atoms with Crippen molar-refractivity contribution in [3.63, 3.8) is 0 Å². The zero-order chi connectivity index (χ0) is 13.8. The highest BCUT2D eigenvalue weighted by molar-refractivity contribution is 9.11. The van der Waals surface area contributed by atoms with Crippen molar-refractivity contribution in [2.24, 2.45) is 0 Å². The second-order valence-corrected chi connectivity index (χ2v) is 5.54. The summed E-state index contributed by atoms with van der Waals surface area (Å²) in [4.78, 5) is 16.5. The number of hydrogen-bond acceptors (Lipinski definition) is 3. The third-order valence-corrected chi connectivity index (χ3v) is 3.47. The van der Waals surface area contributed by atoms with Gasteiger partial charge < -0.3 is 4.74 Å². The molecule has 3 nitrogen and oxygen atoms in total. The van der Waals surface area contributed by atoms with E-state index in [9.17, 15) is 4.79 Å². The Hall–Kier alpha value is -1.20. The van der Waals surface area contributed by atoms with Crippen LogP contribution in [0.3, 0.4) is 0 Å². The van der Waals surface area contributed by atoms with Gasteiger partial charge in [0.25, 0.3) is 0 Å². The van der Waals surface area contributed by atoms with Crippen LogP contribution in [0, 0.1) is 0 Å². The second-order valence-electron chi connectivity index (χ2n) is 3.77. The maximum absolute atomic E-state index is 12.4. The Morgan fingerprint density at radius 3 is 2.79 bits per heavy atom. The van der Waals surface area contributed by atoms with Crippen molar-refractivity contribution in [2.75, 3.05) is 6.61 Å². The largest absolute Gasteiger partial charge is 0.494 e. The second kappa shape index (κ2) is 6.30. The molecular formula is C14H11Br2NO2. The molecule has 0 fully saturated rings. The standard InChI is InChI=1S/C14H11Br2NO2/c1-2-19-11-5-3-4-9(6-11)14(18)13-12(16)7-10(15)8-17-13/h3-8H,2H2,1H3. The summed E-state index contributed by atoms with van der Waals surface area (Å²) >= 11 is 6.66. The number of carbonyl (C=O) groups is 1. The van der Waals surface area contributed by atoms with Gasteiger partial charge >= 0.3 is 0 Å². The predicted octanol–water partition coefficient (Wildman–Crippen LogP) is 4.24. The smallest absolute Gasteiger partial charge is 0.212 e. The minimum atomic E-state index is -0.138. The highest BCUT2D eigenvalue weighted by Crippen LogP contribution is 2.23. The average molecular weight is 385 g/mol. The molecule has 0 saturated heterocycles. The molecule has 0 aliphatic heterocycles. The number of pyridine rings is 1. The van der Waals surface area contributed by atoms with Gasteiger partial charge in [-0.25, -0.2) is 0 Å². The summed E-state index contributed by atoms with van der Waals surface area (Å²) in [6.07, 6.45) is 1.60. The minimum absolute atomic E-state index is 0.138. The lowest BCUT2D eigenvalue weighted by Gasteiger charge is -2.06. The van der Waals surface area contributed by atoms with Crippen LogP contribution in [0.1, 0.15) is 23.0 Å². The van der Waals surface area contributed by atoms with E-state index >= 15 is 0 Å². The van der Waals surface area contributed by atoms with Gasteiger partial charge in [-0.1, -0.05) is 12.1 Å². The van der Waals surface area contributed by atoms with Crippen LogP contribution in [0.4, 0.5) is 0 Å². The SMILES string of the molecule is CCOc1cccc(C(=O)c2ncc(Br)cc2Br)c1. The molecule has 0 bridgehead atoms. The van der Waals surface area contributed by atoms with E-state index in [1.54, 1.807) is 30.5 Å². The van der Waals surface area contributed by atoms with Crippen LogP contribution in [0.25, 0.3) is 0 Å². The summed E-state index contributed by atoms with van der Waals surface area (Å²) in [7, 11) is 0. The summed E-state index contributed by atoms with van der Waals surface area (Å²) in [6.45, 7) is 2.47. The van der Waals surface area contributed by atoms with Gasteiger partial charge in [-0.15, -0.1) is 0 Å². The summed E-state index contributed by atoms with van der Waals surface area (Å²) in [5.74, 6) is 0.544. The lowest BCUT2D eigenvalue weighted by Crippen LogP contribution is -2.05. The number of nitrogens with zero attached hydrogens (tertiary/aromatic N) is 1. The van der Waals surface area contributed by atoms with E-state index in [0.29, 0.717) is 28.1 Å². The Labute approximate surface area is 128 Å². The fourth-order valence-corrected chi connectivity index (χ4v) is 2.78. The molecule has 1 aromatic carbocycles. The van der Waals surface area contributed by atoms with E-state index in [4.69, 9.17) is 4.74 Å². The first-order valence-corrected chi connectivity index (χ1v) is 7.29. The molecule has 0 saturated carbocycles. The minimum Gasteiger partial charge on any atom is -0.494 e. The molecule has 0 aliphatic carbocycles. The fraction of sp³-hybridized carbons (Fsp3) is 0.143. The van der Waals surface area contributed by atoms with E-state index in [0.717, 1.165) is 4.47 Å². The van der Waals surface area contributed by atoms with Gasteiger partial charge in [0.2, 0.25) is 5.78 Å². The normalized spacial score (nSPS) is 10.3. The molecule has 0 aliphatic rings. The molecule has 1 aromatic heterocycles. The van der Waals surface area contributed by atoms with Gasteiger partial charge in [0.1, 0.15) is 11.4 Å². The Kier molecular flexibility index (Phi) is 4.71. The molecule has 0 atom stereocenters. The molecule has 19 heavy (non-hydrogen) atoms. The lowest BCUT2D eigenvalue weighted by molar-refractivity contribution is 0.103. The van der Waals surface area contributed by atoms with Crippen LogP contribution in [0.15, 0.2) is 45.5 Å². The number of benzene rings is 1. The molecular weight excluding hydrogens is 374 g/mol. The topological polar surface area (TPSA) is 39.2 Å². The molecule has 2 rings (SSSR count). The van der Waals surface area contributed by atoms with Crippen molar-refractivity contribution in [1.29, 1.82) is 0 Å². The third-order valence-electron chi connectivity index (χ3n) is 2.43. The monoisotopic (exact) mass is 383 g/mol. The van der Waals surface area contributed by atoms with Crippen molar-refractivity contribution < 1.29 is 9.53 Å². The molecule has 98 valence electrons. The number of hydrogen-bond donors (Lipinski definition) is 0. The van der Waals surface area contributed by atoms with Crippen LogP contribution in [-0.2, 0) is 0 Å². The first-order valence-electron chi connectivity index (χ1n) is 5.70. The number of halogens is 2. The van der Waals surface area contributed by atoms with Crippen LogP contribution >= 0.6 is 31.9 Å². The molecule has 0 N–H and O–H groups in total. The zero-order valence-electron chi connectivity index (χ0n) is 10.2. The van der Waals surface area contributed by atoms with Gasteiger partial charge in [0.05, 0.1) is 6.61 Å². The van der Waals surface area contributed by atoms with Crippen LogP contribution in [0.2, 0.25) is 0 Å². The van der Waals surface area contributed by atoms with Crippen LogP contribution < -0.4 is 4.74 Å². The highest BCUT2D eigenvalue weighted by Gasteiger charge is 2.15. The van der Waals surface area contributed by atoms with Gasteiger partial charge in [0.15, 0.2) is 0 Å². The maximum atomic E-state index is 12.4. The van der Waals surface area contributed by atoms with Gasteiger partial charge in [-0.3, -0.25) is 9.78 Å². The third kappa shape index (κ3) is 3.42. The first kappa shape index (κ1) is 14.2. The van der Waals surface area contributed by atoms with E-state index in [-0.39, 0.29) is 5.78 Å². The maximum Gasteiger partial charge on any atom is 0.212 e. The molecule has 5 heteroatoms. The fourth-order valence-electron chi connectivity index (χ4n) is 1.61. The van der Waals surface area contributed by atoms with E-state index in [1.807, 2.05) is 13.0 Å². The summed E-state index contributed by atoms with van der Waals surface area (Å²) in [5.41, 5.74) is 0.943. The van der Waals surface area contributed by atoms with E-state index in [2.05, 4.69) is 36.8 Å². The van der Waals surface area contributed by atoms with E-state index in [1.165, 1.54) is 0 Å². The van der Waals surface area contributed by atoms with Gasteiger partial charge in [-0.2, -0.15) is 0 Å². The Morgan fingerprint density at radius 2 is 2.11 bits per heavy atom. The van der Waals surface area contributed by atoms with Crippen molar-refractivity contribution in [2.45, 2.75) is 6.92 Å². The number of aromatic nitrogens is 1. The summed E-state index contributed by atoms with van der Waals surface area (Å²) < 4.78 is 6.87. The molecule has 0 amide bonds. The van der Waals surface area contributed by atoms with Crippen molar-refractivity contribution in [3.05, 3.63) is 56.7 Å². The van der Waals surface area contributed by atoms with Gasteiger partial charge in [0, 0.05) is 20.7 Å². The van der Waals surface area contributed by atoms with Crippen molar-refractivity contribution >= 4 is 37.6 Å². The number of ether oxygens (including phenoxy) is 1. The van der Waals surface area contributed by atoms with Crippen molar-refractivity contribution in [3.8, 4) is 5.75 Å². The van der Waals surface area contributed by atoms with Crippen LogP contribution in [-0.4, -0.2) is 17.4 Å². The number of ketones is 1. The lowest BCUT2D eigenvalue weighted by atomic mass is 10.1. The van der Waals surface area contributed by atoms with E-state index < -0.39 is 0 Å². The number of rotatable bonds is 4. The molecule has 0 unspecified atom stereocenters. The average Bonchev–Trinajstić information content (AvgIpc) is 2.39. The quantitative estimate of drug-likeness (QED) is 0.740. The molecule has 1 heterocycles. The highest BCUT2D eigenvalue weighted by atomic mass is 79.9. The first-order chi connectivity index (χ1) is 9.11. The molecule has 0 radical (unpaired) electrons. The predicted molar refractivity (Wildman–Crippen MR) is 80.7 cm³/mol. The zero-order valence-corrected chi connectivity index (χ0v) is 13.4. The Balaban J connectivity index is 2.35. The Morgan fingerprint density at radius 1 is 1.32 bits per heavy atom. The molecule has 0 spiro atoms. The number of carbonyl (C=O) groups excluding carboxylic acids is 1. The van der Waals surface area contributed by atoms with Gasteiger partial charge in [-0.05, 0) is 57.0 Å². The summed E-state index contributed by atoms with van der Waals surface area (Å²) in [6, 6.07) is 8.89. The molecule has 2 aromatic rings. The van der Waals surface area contributed by atoms with Crippen molar-refractivity contribution in [1.82, 2.24) is 4.98 Å². The Bertz CT molecular complexity index is 614.